The van der Waals surface area contributed by atoms with Gasteiger partial charge in [-0.2, -0.15) is 0 Å². The maximum absolute atomic E-state index is 13.5. The fraction of sp³-hybridized carbons (Fsp3) is 0.0714. The van der Waals surface area contributed by atoms with Crippen LogP contribution in [0.15, 0.2) is 47.4 Å². The summed E-state index contributed by atoms with van der Waals surface area (Å²) in [5.74, 6) is -1.27. The van der Waals surface area contributed by atoms with Crippen molar-refractivity contribution in [2.45, 2.75) is 10.6 Å². The fourth-order valence-corrected chi connectivity index (χ4v) is 2.37. The van der Waals surface area contributed by atoms with Gasteiger partial charge < -0.3 is 10.2 Å². The Morgan fingerprint density at radius 1 is 1.16 bits per heavy atom. The Morgan fingerprint density at radius 2 is 1.84 bits per heavy atom. The first-order valence-corrected chi connectivity index (χ1v) is 6.48. The van der Waals surface area contributed by atoms with Crippen molar-refractivity contribution in [3.05, 3.63) is 59.4 Å². The molecule has 0 aliphatic carbocycles. The zero-order valence-corrected chi connectivity index (χ0v) is 10.7. The van der Waals surface area contributed by atoms with Crippen LogP contribution in [-0.4, -0.2) is 16.2 Å². The monoisotopic (exact) mass is 278 g/mol. The number of hydrogen-bond acceptors (Lipinski definition) is 3. The zero-order chi connectivity index (χ0) is 13.8. The Bertz CT molecular complexity index is 596. The molecule has 0 atom stereocenters. The molecule has 2 N–H and O–H groups in total. The van der Waals surface area contributed by atoms with E-state index in [4.69, 9.17) is 10.2 Å². The number of carboxylic acid groups (broad SMARTS) is 1. The number of thioether (sulfide) groups is 1. The molecule has 98 valence electrons. The summed E-state index contributed by atoms with van der Waals surface area (Å²) in [6.45, 7) is 0. The van der Waals surface area contributed by atoms with Crippen molar-refractivity contribution in [3.63, 3.8) is 0 Å². The van der Waals surface area contributed by atoms with Crippen molar-refractivity contribution in [3.8, 4) is 5.75 Å². The molecule has 0 aliphatic heterocycles. The molecule has 0 amide bonds. The maximum atomic E-state index is 13.5. The summed E-state index contributed by atoms with van der Waals surface area (Å²) in [5.41, 5.74) is 0.388. The van der Waals surface area contributed by atoms with Crippen LogP contribution in [0.4, 0.5) is 4.39 Å². The van der Waals surface area contributed by atoms with Crippen LogP contribution < -0.4 is 0 Å². The minimum atomic E-state index is -1.27. The van der Waals surface area contributed by atoms with Crippen LogP contribution in [0.1, 0.15) is 15.9 Å². The lowest BCUT2D eigenvalue weighted by molar-refractivity contribution is 0.0692. The number of halogens is 1. The molecule has 0 saturated carbocycles. The number of phenols is 1. The molecule has 0 fully saturated rings. The molecule has 0 unspecified atom stereocenters. The average Bonchev–Trinajstić information content (AvgIpc) is 2.37. The van der Waals surface area contributed by atoms with E-state index in [1.165, 1.54) is 23.9 Å². The Hall–Kier alpha value is -2.01. The van der Waals surface area contributed by atoms with E-state index in [-0.39, 0.29) is 11.3 Å². The lowest BCUT2D eigenvalue weighted by Gasteiger charge is -2.04. The van der Waals surface area contributed by atoms with Crippen molar-refractivity contribution < 1.29 is 19.4 Å². The van der Waals surface area contributed by atoms with Gasteiger partial charge in [0.2, 0.25) is 0 Å². The summed E-state index contributed by atoms with van der Waals surface area (Å²) < 4.78 is 13.5. The molecular formula is C14H11FO3S. The Balaban J connectivity index is 2.06. The molecule has 0 spiro atoms. The number of aromatic hydroxyl groups is 1. The third kappa shape index (κ3) is 3.48. The van der Waals surface area contributed by atoms with Gasteiger partial charge in [0.1, 0.15) is 11.6 Å². The fourth-order valence-electron chi connectivity index (χ4n) is 1.53. The largest absolute Gasteiger partial charge is 0.508 e. The van der Waals surface area contributed by atoms with E-state index in [1.807, 2.05) is 0 Å². The third-order valence-electron chi connectivity index (χ3n) is 2.51. The quantitative estimate of drug-likeness (QED) is 0.840. The van der Waals surface area contributed by atoms with Crippen molar-refractivity contribution in [2.24, 2.45) is 0 Å². The molecular weight excluding hydrogens is 267 g/mol. The Morgan fingerprint density at radius 3 is 2.42 bits per heavy atom. The van der Waals surface area contributed by atoms with Gasteiger partial charge in [-0.25, -0.2) is 9.18 Å². The zero-order valence-electron chi connectivity index (χ0n) is 9.84. The Labute approximate surface area is 113 Å². The van der Waals surface area contributed by atoms with E-state index < -0.39 is 11.8 Å². The topological polar surface area (TPSA) is 57.5 Å². The van der Waals surface area contributed by atoms with Gasteiger partial charge in [0.05, 0.1) is 5.56 Å². The number of carbonyl (C=O) groups is 1. The predicted octanol–water partition coefficient (Wildman–Crippen LogP) is 3.52. The number of benzene rings is 2. The van der Waals surface area contributed by atoms with E-state index >= 15 is 0 Å². The van der Waals surface area contributed by atoms with Crippen molar-refractivity contribution in [2.75, 3.05) is 0 Å². The second-order valence-corrected chi connectivity index (χ2v) is 4.95. The molecule has 19 heavy (non-hydrogen) atoms. The first-order valence-electron chi connectivity index (χ1n) is 5.50. The molecule has 2 aromatic carbocycles. The van der Waals surface area contributed by atoms with Gasteiger partial charge in [0, 0.05) is 10.6 Å². The number of hydrogen-bond donors (Lipinski definition) is 2. The normalized spacial score (nSPS) is 10.4. The minimum Gasteiger partial charge on any atom is -0.508 e. The van der Waals surface area contributed by atoms with Crippen LogP contribution in [0.2, 0.25) is 0 Å². The first kappa shape index (κ1) is 13.4. The minimum absolute atomic E-state index is 0.196. The molecule has 0 aliphatic rings. The highest BCUT2D eigenvalue weighted by molar-refractivity contribution is 7.98. The lowest BCUT2D eigenvalue weighted by Crippen LogP contribution is -2.00. The van der Waals surface area contributed by atoms with Gasteiger partial charge in [0.25, 0.3) is 0 Å². The summed E-state index contributed by atoms with van der Waals surface area (Å²) in [7, 11) is 0. The van der Waals surface area contributed by atoms with E-state index in [0.29, 0.717) is 11.3 Å². The highest BCUT2D eigenvalue weighted by Crippen LogP contribution is 2.25. The molecule has 0 radical (unpaired) electrons. The molecule has 2 rings (SSSR count). The van der Waals surface area contributed by atoms with Crippen LogP contribution in [0.3, 0.4) is 0 Å². The summed E-state index contributed by atoms with van der Waals surface area (Å²) >= 11 is 1.48. The van der Waals surface area contributed by atoms with Crippen LogP contribution >= 0.6 is 11.8 Å². The summed E-state index contributed by atoms with van der Waals surface area (Å²) in [4.78, 5) is 11.6. The van der Waals surface area contributed by atoms with E-state index in [1.54, 1.807) is 30.3 Å². The second kappa shape index (κ2) is 5.75. The van der Waals surface area contributed by atoms with Crippen molar-refractivity contribution in [1.29, 1.82) is 0 Å². The lowest BCUT2D eigenvalue weighted by atomic mass is 10.1. The molecule has 5 heteroatoms. The summed E-state index contributed by atoms with van der Waals surface area (Å²) in [6.07, 6.45) is 0. The van der Waals surface area contributed by atoms with Crippen molar-refractivity contribution >= 4 is 17.7 Å². The van der Waals surface area contributed by atoms with Gasteiger partial charge in [-0.15, -0.1) is 11.8 Å². The van der Waals surface area contributed by atoms with Gasteiger partial charge >= 0.3 is 5.97 Å². The van der Waals surface area contributed by atoms with Crippen LogP contribution in [0, 0.1) is 5.82 Å². The molecule has 0 bridgehead atoms. The van der Waals surface area contributed by atoms with Crippen molar-refractivity contribution in [1.82, 2.24) is 0 Å². The number of aromatic carboxylic acids is 1. The maximum Gasteiger partial charge on any atom is 0.338 e. The second-order valence-electron chi connectivity index (χ2n) is 3.90. The van der Waals surface area contributed by atoms with E-state index in [9.17, 15) is 9.18 Å². The number of carboxylic acids is 1. The van der Waals surface area contributed by atoms with Gasteiger partial charge in [0.15, 0.2) is 0 Å². The highest BCUT2D eigenvalue weighted by Gasteiger charge is 2.10. The average molecular weight is 278 g/mol. The standard InChI is InChI=1S/C14H11FO3S/c15-13-7-9(1-6-12(13)14(17)18)8-19-11-4-2-10(16)3-5-11/h1-7,16H,8H2,(H,17,18). The predicted molar refractivity (Wildman–Crippen MR) is 71.0 cm³/mol. The number of rotatable bonds is 4. The SMILES string of the molecule is O=C(O)c1ccc(CSc2ccc(O)cc2)cc1F. The molecule has 2 aromatic rings. The molecule has 0 aromatic heterocycles. The number of phenolic OH excluding ortho intramolecular Hbond substituents is 1. The van der Waals surface area contributed by atoms with Gasteiger partial charge in [-0.05, 0) is 42.0 Å². The Kier molecular flexibility index (Phi) is 4.06. The highest BCUT2D eigenvalue weighted by atomic mass is 32.2. The van der Waals surface area contributed by atoms with Gasteiger partial charge in [-0.3, -0.25) is 0 Å². The van der Waals surface area contributed by atoms with Gasteiger partial charge in [-0.1, -0.05) is 6.07 Å². The van der Waals surface area contributed by atoms with Crippen LogP contribution in [-0.2, 0) is 5.75 Å². The van der Waals surface area contributed by atoms with Crippen LogP contribution in [0.25, 0.3) is 0 Å². The van der Waals surface area contributed by atoms with E-state index in [0.717, 1.165) is 4.90 Å². The summed E-state index contributed by atoms with van der Waals surface area (Å²) in [5, 5.41) is 17.9. The smallest absolute Gasteiger partial charge is 0.338 e. The molecule has 3 nitrogen and oxygen atoms in total. The molecule has 0 saturated heterocycles. The third-order valence-corrected chi connectivity index (χ3v) is 3.59. The molecule has 0 heterocycles. The van der Waals surface area contributed by atoms with Crippen LogP contribution in [0.5, 0.6) is 5.75 Å². The first-order chi connectivity index (χ1) is 9.06. The summed E-state index contributed by atoms with van der Waals surface area (Å²) in [6, 6.07) is 10.8. The van der Waals surface area contributed by atoms with E-state index in [2.05, 4.69) is 0 Å².